The van der Waals surface area contributed by atoms with E-state index in [4.69, 9.17) is 4.74 Å². The molecule has 0 radical (unpaired) electrons. The molecule has 1 saturated heterocycles. The van der Waals surface area contributed by atoms with Crippen molar-refractivity contribution in [2.24, 2.45) is 0 Å². The Kier molecular flexibility index (Phi) is 17.9. The lowest BCUT2D eigenvalue weighted by Gasteiger charge is -2.02. The highest BCUT2D eigenvalue weighted by Gasteiger charge is 2.36. The third-order valence-corrected chi connectivity index (χ3v) is 6.37. The highest BCUT2D eigenvalue weighted by molar-refractivity contribution is 4.84. The Hall–Kier alpha value is -0.0400. The monoisotopic (exact) mass is 380 g/mol. The van der Waals surface area contributed by atoms with Gasteiger partial charge >= 0.3 is 0 Å². The summed E-state index contributed by atoms with van der Waals surface area (Å²) in [5.74, 6) is 0. The van der Waals surface area contributed by atoms with Gasteiger partial charge in [0.25, 0.3) is 0 Å². The van der Waals surface area contributed by atoms with Crippen molar-refractivity contribution in [1.82, 2.24) is 0 Å². The summed E-state index contributed by atoms with van der Waals surface area (Å²) in [7, 11) is 0. The zero-order chi connectivity index (χ0) is 19.4. The minimum atomic E-state index is 0.637. The maximum atomic E-state index is 5.88. The Morgan fingerprint density at radius 3 is 0.926 bits per heavy atom. The van der Waals surface area contributed by atoms with Gasteiger partial charge in [-0.3, -0.25) is 0 Å². The van der Waals surface area contributed by atoms with Crippen LogP contribution in [0.25, 0.3) is 0 Å². The van der Waals surface area contributed by atoms with Crippen molar-refractivity contribution in [2.75, 3.05) is 0 Å². The summed E-state index contributed by atoms with van der Waals surface area (Å²) >= 11 is 0. The fraction of sp³-hybridized carbons (Fsp3) is 1.00. The van der Waals surface area contributed by atoms with E-state index >= 15 is 0 Å². The van der Waals surface area contributed by atoms with Gasteiger partial charge in [0, 0.05) is 0 Å². The molecule has 0 spiro atoms. The van der Waals surface area contributed by atoms with Crippen molar-refractivity contribution >= 4 is 0 Å². The van der Waals surface area contributed by atoms with Gasteiger partial charge in [-0.2, -0.15) is 0 Å². The lowest BCUT2D eigenvalue weighted by atomic mass is 10.0. The summed E-state index contributed by atoms with van der Waals surface area (Å²) in [6, 6.07) is 0. The van der Waals surface area contributed by atoms with E-state index in [1.807, 2.05) is 0 Å². The molecule has 1 aliphatic heterocycles. The normalized spacial score (nSPS) is 18.9. The first-order valence-corrected chi connectivity index (χ1v) is 13.0. The molecule has 1 aliphatic rings. The third-order valence-electron chi connectivity index (χ3n) is 6.37. The second-order valence-electron chi connectivity index (χ2n) is 9.15. The molecule has 27 heavy (non-hydrogen) atoms. The summed E-state index contributed by atoms with van der Waals surface area (Å²) in [5.41, 5.74) is 0. The maximum Gasteiger partial charge on any atom is 0.0841 e. The first-order chi connectivity index (χ1) is 13.4. The molecule has 0 amide bonds. The minimum absolute atomic E-state index is 0.637. The van der Waals surface area contributed by atoms with Crippen LogP contribution >= 0.6 is 0 Å². The van der Waals surface area contributed by atoms with Crippen molar-refractivity contribution in [3.05, 3.63) is 0 Å². The molecule has 1 heterocycles. The van der Waals surface area contributed by atoms with Gasteiger partial charge in [-0.25, -0.2) is 0 Å². The highest BCUT2D eigenvalue weighted by Crippen LogP contribution is 2.31. The topological polar surface area (TPSA) is 12.5 Å². The van der Waals surface area contributed by atoms with Gasteiger partial charge in [-0.05, 0) is 12.8 Å². The van der Waals surface area contributed by atoms with Crippen LogP contribution in [0.4, 0.5) is 0 Å². The Labute approximate surface area is 172 Å². The third kappa shape index (κ3) is 16.6. The number of ether oxygens (including phenoxy) is 1. The van der Waals surface area contributed by atoms with E-state index in [0.717, 1.165) is 0 Å². The first kappa shape index (κ1) is 25.0. The maximum absolute atomic E-state index is 5.88. The summed E-state index contributed by atoms with van der Waals surface area (Å²) in [5, 5.41) is 0. The van der Waals surface area contributed by atoms with E-state index in [-0.39, 0.29) is 0 Å². The van der Waals surface area contributed by atoms with Gasteiger partial charge in [0.15, 0.2) is 0 Å². The molecule has 0 aromatic rings. The lowest BCUT2D eigenvalue weighted by molar-refractivity contribution is 0.347. The molecule has 0 bridgehead atoms. The Morgan fingerprint density at radius 1 is 0.370 bits per heavy atom. The molecule has 2 atom stereocenters. The predicted octanol–water partition coefficient (Wildman–Crippen LogP) is 9.38. The van der Waals surface area contributed by atoms with E-state index in [9.17, 15) is 0 Å². The van der Waals surface area contributed by atoms with Gasteiger partial charge in [0.05, 0.1) is 12.2 Å². The van der Waals surface area contributed by atoms with Crippen LogP contribution in [0.2, 0.25) is 0 Å². The number of unbranched alkanes of at least 4 members (excludes halogenated alkanes) is 18. The zero-order valence-electron chi connectivity index (χ0n) is 19.1. The van der Waals surface area contributed by atoms with Gasteiger partial charge in [-0.15, -0.1) is 0 Å². The molecule has 0 saturated carbocycles. The van der Waals surface area contributed by atoms with Crippen LogP contribution in [0, 0.1) is 0 Å². The molecule has 0 N–H and O–H groups in total. The second-order valence-corrected chi connectivity index (χ2v) is 9.15. The van der Waals surface area contributed by atoms with Crippen LogP contribution in [0.1, 0.15) is 155 Å². The van der Waals surface area contributed by atoms with Crippen LogP contribution in [0.3, 0.4) is 0 Å². The largest absolute Gasteiger partial charge is 0.370 e. The van der Waals surface area contributed by atoms with Gasteiger partial charge in [-0.1, -0.05) is 142 Å². The smallest absolute Gasteiger partial charge is 0.0841 e. The van der Waals surface area contributed by atoms with Gasteiger partial charge < -0.3 is 4.74 Å². The van der Waals surface area contributed by atoms with Crippen LogP contribution in [-0.4, -0.2) is 12.2 Å². The highest BCUT2D eigenvalue weighted by atomic mass is 16.6. The second kappa shape index (κ2) is 19.3. The van der Waals surface area contributed by atoms with Crippen molar-refractivity contribution in [1.29, 1.82) is 0 Å². The summed E-state index contributed by atoms with van der Waals surface area (Å²) in [6.45, 7) is 4.59. The fourth-order valence-electron chi connectivity index (χ4n) is 4.35. The standard InChI is InChI=1S/C26H52O/c1-3-5-7-9-11-13-15-17-19-21-23-25-26(27-25)24-22-20-18-16-14-12-10-8-6-4-2/h25-26H,3-24H2,1-2H3. The SMILES string of the molecule is CCCCCCCCCCCCC1OC1CCCCCCCCCCCC. The van der Waals surface area contributed by atoms with Gasteiger partial charge in [0.2, 0.25) is 0 Å². The molecule has 162 valence electrons. The predicted molar refractivity (Wildman–Crippen MR) is 122 cm³/mol. The van der Waals surface area contributed by atoms with Crippen LogP contribution in [0.5, 0.6) is 0 Å². The minimum Gasteiger partial charge on any atom is -0.370 e. The molecule has 1 heteroatoms. The quantitative estimate of drug-likeness (QED) is 0.135. The van der Waals surface area contributed by atoms with E-state index in [0.29, 0.717) is 12.2 Å². The summed E-state index contributed by atoms with van der Waals surface area (Å²) in [6.07, 6.45) is 32.7. The molecule has 0 aromatic heterocycles. The molecule has 0 aliphatic carbocycles. The lowest BCUT2D eigenvalue weighted by Crippen LogP contribution is -1.95. The number of epoxide rings is 1. The van der Waals surface area contributed by atoms with Crippen molar-refractivity contribution in [2.45, 2.75) is 167 Å². The zero-order valence-corrected chi connectivity index (χ0v) is 19.1. The molecular formula is C26H52O. The molecular weight excluding hydrogens is 328 g/mol. The van der Waals surface area contributed by atoms with Crippen LogP contribution < -0.4 is 0 Å². The van der Waals surface area contributed by atoms with Crippen molar-refractivity contribution < 1.29 is 4.74 Å². The molecule has 1 rings (SSSR count). The number of hydrogen-bond donors (Lipinski definition) is 0. The Balaban J connectivity index is 1.70. The summed E-state index contributed by atoms with van der Waals surface area (Å²) < 4.78 is 5.88. The average molecular weight is 381 g/mol. The van der Waals surface area contributed by atoms with Crippen molar-refractivity contribution in [3.8, 4) is 0 Å². The molecule has 0 aromatic carbocycles. The Bertz CT molecular complexity index is 260. The fourth-order valence-corrected chi connectivity index (χ4v) is 4.35. The number of rotatable bonds is 22. The Morgan fingerprint density at radius 2 is 0.630 bits per heavy atom. The van der Waals surface area contributed by atoms with Crippen LogP contribution in [-0.2, 0) is 4.74 Å². The van der Waals surface area contributed by atoms with E-state index in [2.05, 4.69) is 13.8 Å². The average Bonchev–Trinajstić information content (AvgIpc) is 3.43. The van der Waals surface area contributed by atoms with E-state index in [1.165, 1.54) is 141 Å². The van der Waals surface area contributed by atoms with E-state index in [1.54, 1.807) is 0 Å². The molecule has 1 nitrogen and oxygen atoms in total. The van der Waals surface area contributed by atoms with Crippen molar-refractivity contribution in [3.63, 3.8) is 0 Å². The summed E-state index contributed by atoms with van der Waals surface area (Å²) in [4.78, 5) is 0. The first-order valence-electron chi connectivity index (χ1n) is 13.0. The van der Waals surface area contributed by atoms with Gasteiger partial charge in [0.1, 0.15) is 0 Å². The molecule has 1 fully saturated rings. The molecule has 2 unspecified atom stereocenters. The number of hydrogen-bond acceptors (Lipinski definition) is 1. The van der Waals surface area contributed by atoms with Crippen LogP contribution in [0.15, 0.2) is 0 Å². The van der Waals surface area contributed by atoms with E-state index < -0.39 is 0 Å².